The third-order valence-electron chi connectivity index (χ3n) is 5.33. The van der Waals surface area contributed by atoms with E-state index in [2.05, 4.69) is 20.4 Å². The molecule has 1 N–H and O–H groups in total. The predicted octanol–water partition coefficient (Wildman–Crippen LogP) is 3.93. The van der Waals surface area contributed by atoms with Gasteiger partial charge in [-0.05, 0) is 43.7 Å². The van der Waals surface area contributed by atoms with Crippen molar-refractivity contribution in [2.75, 3.05) is 18.5 Å². The first kappa shape index (κ1) is 18.4. The van der Waals surface area contributed by atoms with E-state index in [4.69, 9.17) is 9.47 Å². The molecular formula is C22H20FN5O2. The summed E-state index contributed by atoms with van der Waals surface area (Å²) < 4.78 is 28.1. The maximum Gasteiger partial charge on any atom is 0.172 e. The number of ether oxygens (including phenoxy) is 2. The van der Waals surface area contributed by atoms with Crippen molar-refractivity contribution in [2.45, 2.75) is 20.4 Å². The van der Waals surface area contributed by atoms with Gasteiger partial charge in [0, 0.05) is 35.1 Å². The molecule has 1 aromatic carbocycles. The first-order chi connectivity index (χ1) is 14.6. The normalized spacial score (nSPS) is 13.6. The summed E-state index contributed by atoms with van der Waals surface area (Å²) >= 11 is 0. The van der Waals surface area contributed by atoms with Gasteiger partial charge in [-0.3, -0.25) is 4.98 Å². The fourth-order valence-corrected chi connectivity index (χ4v) is 3.75. The van der Waals surface area contributed by atoms with Crippen molar-refractivity contribution in [1.29, 1.82) is 0 Å². The number of hydrogen-bond donors (Lipinski definition) is 1. The number of aromatic nitrogens is 4. The fraction of sp³-hybridized carbons (Fsp3) is 0.227. The monoisotopic (exact) mass is 405 g/mol. The average molecular weight is 405 g/mol. The summed E-state index contributed by atoms with van der Waals surface area (Å²) in [6.07, 6.45) is 3.25. The average Bonchev–Trinajstić information content (AvgIpc) is 3.22. The summed E-state index contributed by atoms with van der Waals surface area (Å²) in [7, 11) is 0. The van der Waals surface area contributed by atoms with Crippen LogP contribution in [0.2, 0.25) is 0 Å². The Hall–Kier alpha value is -3.68. The minimum absolute atomic E-state index is 0.255. The quantitative estimate of drug-likeness (QED) is 0.517. The van der Waals surface area contributed by atoms with Crippen LogP contribution in [0, 0.1) is 19.7 Å². The Labute approximate surface area is 172 Å². The lowest BCUT2D eigenvalue weighted by molar-refractivity contribution is 0.216. The SMILES string of the molecule is Cc1ncccc1-c1cc2c(n3ncnc13)NCc1c(F)ccc(c1C)OCCO2. The number of pyridine rings is 2. The van der Waals surface area contributed by atoms with E-state index < -0.39 is 0 Å². The molecule has 7 nitrogen and oxygen atoms in total. The van der Waals surface area contributed by atoms with E-state index in [0.717, 1.165) is 22.4 Å². The van der Waals surface area contributed by atoms with Crippen LogP contribution in [0.15, 0.2) is 42.9 Å². The second-order valence-electron chi connectivity index (χ2n) is 7.10. The fourth-order valence-electron chi connectivity index (χ4n) is 3.75. The highest BCUT2D eigenvalue weighted by atomic mass is 19.1. The van der Waals surface area contributed by atoms with Crippen molar-refractivity contribution >= 4 is 11.5 Å². The number of hydrogen-bond acceptors (Lipinski definition) is 6. The Kier molecular flexibility index (Phi) is 4.46. The van der Waals surface area contributed by atoms with E-state index in [-0.39, 0.29) is 12.4 Å². The number of nitrogens with zero attached hydrogens (tertiary/aromatic N) is 4. The first-order valence-corrected chi connectivity index (χ1v) is 9.69. The maximum absolute atomic E-state index is 14.5. The zero-order chi connectivity index (χ0) is 20.7. The highest BCUT2D eigenvalue weighted by molar-refractivity contribution is 5.82. The summed E-state index contributed by atoms with van der Waals surface area (Å²) in [5.74, 6) is 1.56. The number of nitrogens with one attached hydrogen (secondary N) is 1. The van der Waals surface area contributed by atoms with Crippen LogP contribution >= 0.6 is 0 Å². The van der Waals surface area contributed by atoms with Crippen molar-refractivity contribution in [3.05, 3.63) is 65.5 Å². The third-order valence-corrected chi connectivity index (χ3v) is 5.33. The van der Waals surface area contributed by atoms with Gasteiger partial charge in [-0.25, -0.2) is 9.37 Å². The molecule has 0 saturated heterocycles. The van der Waals surface area contributed by atoms with Crippen LogP contribution in [-0.2, 0) is 6.54 Å². The molecule has 0 spiro atoms. The lowest BCUT2D eigenvalue weighted by Crippen LogP contribution is -2.12. The molecule has 1 aliphatic rings. The number of anilines is 1. The minimum Gasteiger partial charge on any atom is -0.490 e. The molecule has 5 rings (SSSR count). The van der Waals surface area contributed by atoms with Gasteiger partial charge in [-0.15, -0.1) is 0 Å². The third kappa shape index (κ3) is 3.01. The predicted molar refractivity (Wildman–Crippen MR) is 110 cm³/mol. The summed E-state index contributed by atoms with van der Waals surface area (Å²) in [5.41, 5.74) is 4.66. The standard InChI is InChI=1S/C22H20FN5O2/c1-13-17-11-25-22-20(30-9-8-29-19(13)6-5-18(17)23)10-16(21-26-12-27-28(21)22)15-4-3-7-24-14(15)2/h3-7,10,12,25H,8-9,11H2,1-2H3. The van der Waals surface area contributed by atoms with Gasteiger partial charge in [0.1, 0.15) is 31.1 Å². The zero-order valence-electron chi connectivity index (χ0n) is 16.6. The molecule has 1 aliphatic heterocycles. The van der Waals surface area contributed by atoms with E-state index in [1.807, 2.05) is 32.0 Å². The van der Waals surface area contributed by atoms with Crippen molar-refractivity contribution < 1.29 is 13.9 Å². The Balaban J connectivity index is 1.67. The van der Waals surface area contributed by atoms with E-state index in [1.54, 1.807) is 16.8 Å². The van der Waals surface area contributed by atoms with Gasteiger partial charge in [0.15, 0.2) is 17.2 Å². The van der Waals surface area contributed by atoms with Crippen LogP contribution in [0.4, 0.5) is 10.2 Å². The minimum atomic E-state index is -0.286. The summed E-state index contributed by atoms with van der Waals surface area (Å²) in [6, 6.07) is 8.88. The molecule has 8 heteroatoms. The van der Waals surface area contributed by atoms with Gasteiger partial charge in [-0.2, -0.15) is 9.61 Å². The Morgan fingerprint density at radius 2 is 1.87 bits per heavy atom. The number of fused-ring (bicyclic) bond motifs is 5. The van der Waals surface area contributed by atoms with Gasteiger partial charge >= 0.3 is 0 Å². The molecular weight excluding hydrogens is 385 g/mol. The maximum atomic E-state index is 14.5. The van der Waals surface area contributed by atoms with E-state index in [9.17, 15) is 4.39 Å². The van der Waals surface area contributed by atoms with E-state index in [1.165, 1.54) is 12.4 Å². The molecule has 4 aromatic rings. The van der Waals surface area contributed by atoms with Gasteiger partial charge in [0.25, 0.3) is 0 Å². The van der Waals surface area contributed by atoms with Crippen molar-refractivity contribution in [3.63, 3.8) is 0 Å². The van der Waals surface area contributed by atoms with Crippen LogP contribution in [0.1, 0.15) is 16.8 Å². The molecule has 0 radical (unpaired) electrons. The zero-order valence-corrected chi connectivity index (χ0v) is 16.6. The molecule has 0 amide bonds. The number of aryl methyl sites for hydroxylation is 1. The highest BCUT2D eigenvalue weighted by Gasteiger charge is 2.20. The van der Waals surface area contributed by atoms with Crippen LogP contribution in [0.5, 0.6) is 11.5 Å². The van der Waals surface area contributed by atoms with Crippen LogP contribution < -0.4 is 14.8 Å². The lowest BCUT2D eigenvalue weighted by Gasteiger charge is -2.17. The van der Waals surface area contributed by atoms with Crippen molar-refractivity contribution in [3.8, 4) is 22.6 Å². The molecule has 0 unspecified atom stereocenters. The molecule has 0 atom stereocenters. The highest BCUT2D eigenvalue weighted by Crippen LogP contribution is 2.36. The number of rotatable bonds is 1. The molecule has 0 aliphatic carbocycles. The lowest BCUT2D eigenvalue weighted by atomic mass is 10.1. The Morgan fingerprint density at radius 3 is 2.70 bits per heavy atom. The van der Waals surface area contributed by atoms with Gasteiger partial charge in [0.2, 0.25) is 0 Å². The molecule has 0 fully saturated rings. The second kappa shape index (κ2) is 7.29. The van der Waals surface area contributed by atoms with Crippen molar-refractivity contribution in [2.24, 2.45) is 0 Å². The van der Waals surface area contributed by atoms with E-state index >= 15 is 0 Å². The van der Waals surface area contributed by atoms with Gasteiger partial charge in [-0.1, -0.05) is 6.07 Å². The molecule has 2 bridgehead atoms. The summed E-state index contributed by atoms with van der Waals surface area (Å²) in [6.45, 7) is 4.72. The number of benzene rings is 1. The Morgan fingerprint density at radius 1 is 1.03 bits per heavy atom. The molecule has 0 saturated carbocycles. The molecule has 3 aromatic heterocycles. The summed E-state index contributed by atoms with van der Waals surface area (Å²) in [4.78, 5) is 8.84. The smallest absolute Gasteiger partial charge is 0.172 e. The Bertz CT molecular complexity index is 1250. The summed E-state index contributed by atoms with van der Waals surface area (Å²) in [5, 5.41) is 7.69. The largest absolute Gasteiger partial charge is 0.490 e. The van der Waals surface area contributed by atoms with E-state index in [0.29, 0.717) is 41.7 Å². The topological polar surface area (TPSA) is 73.6 Å². The van der Waals surface area contributed by atoms with Gasteiger partial charge < -0.3 is 14.8 Å². The molecule has 30 heavy (non-hydrogen) atoms. The molecule has 4 heterocycles. The molecule has 152 valence electrons. The van der Waals surface area contributed by atoms with Crippen LogP contribution in [0.3, 0.4) is 0 Å². The first-order valence-electron chi connectivity index (χ1n) is 9.69. The van der Waals surface area contributed by atoms with Gasteiger partial charge in [0.05, 0.1) is 0 Å². The van der Waals surface area contributed by atoms with Crippen LogP contribution in [0.25, 0.3) is 16.8 Å². The second-order valence-corrected chi connectivity index (χ2v) is 7.10. The van der Waals surface area contributed by atoms with Crippen LogP contribution in [-0.4, -0.2) is 32.8 Å². The van der Waals surface area contributed by atoms with Crippen molar-refractivity contribution in [1.82, 2.24) is 19.6 Å². The number of halogens is 1.